The highest BCUT2D eigenvalue weighted by Crippen LogP contribution is 1.88. The van der Waals surface area contributed by atoms with Crippen molar-refractivity contribution in [2.45, 2.75) is 12.8 Å². The van der Waals surface area contributed by atoms with Gasteiger partial charge in [0.15, 0.2) is 0 Å². The number of carbonyl (C=O) groups is 1. The van der Waals surface area contributed by atoms with E-state index in [1.54, 1.807) is 7.11 Å². The molecule has 1 amide bonds. The topological polar surface area (TPSA) is 70.8 Å². The number of nitrogens with two attached hydrogens (primary N) is 1. The van der Waals surface area contributed by atoms with Crippen LogP contribution >= 0.6 is 0 Å². The van der Waals surface area contributed by atoms with Crippen molar-refractivity contribution in [2.24, 2.45) is 5.73 Å². The molecule has 0 atom stereocenters. The SMILES string of the molecule is COCCOCCOCCCC(N)=O. The first-order valence-electron chi connectivity index (χ1n) is 4.70. The summed E-state index contributed by atoms with van der Waals surface area (Å²) in [4.78, 5) is 10.3. The maximum absolute atomic E-state index is 10.3. The van der Waals surface area contributed by atoms with Crippen molar-refractivity contribution < 1.29 is 19.0 Å². The van der Waals surface area contributed by atoms with Crippen LogP contribution in [0.3, 0.4) is 0 Å². The van der Waals surface area contributed by atoms with Crippen molar-refractivity contribution in [3.8, 4) is 0 Å². The number of carbonyl (C=O) groups excluding carboxylic acids is 1. The van der Waals surface area contributed by atoms with E-state index in [1.807, 2.05) is 0 Å². The van der Waals surface area contributed by atoms with E-state index in [2.05, 4.69) is 0 Å². The summed E-state index contributed by atoms with van der Waals surface area (Å²) in [6.45, 7) is 2.84. The third kappa shape index (κ3) is 11.4. The van der Waals surface area contributed by atoms with E-state index in [0.29, 0.717) is 45.9 Å². The molecule has 14 heavy (non-hydrogen) atoms. The standard InChI is InChI=1S/C9H19NO4/c1-12-5-6-14-8-7-13-4-2-3-9(10)11/h2-8H2,1H3,(H2,10,11). The Bertz CT molecular complexity index is 141. The highest BCUT2D eigenvalue weighted by molar-refractivity contribution is 5.73. The monoisotopic (exact) mass is 205 g/mol. The van der Waals surface area contributed by atoms with Gasteiger partial charge in [0, 0.05) is 20.1 Å². The van der Waals surface area contributed by atoms with Gasteiger partial charge in [0.1, 0.15) is 0 Å². The molecule has 0 unspecified atom stereocenters. The van der Waals surface area contributed by atoms with Gasteiger partial charge in [-0.25, -0.2) is 0 Å². The lowest BCUT2D eigenvalue weighted by Crippen LogP contribution is -2.12. The van der Waals surface area contributed by atoms with E-state index in [9.17, 15) is 4.79 Å². The molecule has 0 radical (unpaired) electrons. The van der Waals surface area contributed by atoms with Crippen LogP contribution in [0.4, 0.5) is 0 Å². The number of hydrogen-bond donors (Lipinski definition) is 1. The summed E-state index contributed by atoms with van der Waals surface area (Å²) in [5.41, 5.74) is 4.96. The molecule has 0 spiro atoms. The van der Waals surface area contributed by atoms with Crippen LogP contribution in [-0.2, 0) is 19.0 Å². The van der Waals surface area contributed by atoms with Gasteiger partial charge in [0.05, 0.1) is 26.4 Å². The van der Waals surface area contributed by atoms with Crippen LogP contribution in [0.1, 0.15) is 12.8 Å². The van der Waals surface area contributed by atoms with Crippen LogP contribution in [-0.4, -0.2) is 46.1 Å². The van der Waals surface area contributed by atoms with Gasteiger partial charge < -0.3 is 19.9 Å². The second-order valence-corrected chi connectivity index (χ2v) is 2.79. The average Bonchev–Trinajstić information content (AvgIpc) is 2.15. The zero-order valence-corrected chi connectivity index (χ0v) is 8.66. The Hall–Kier alpha value is -0.650. The number of ether oxygens (including phenoxy) is 3. The zero-order chi connectivity index (χ0) is 10.6. The Labute approximate surface area is 84.5 Å². The quantitative estimate of drug-likeness (QED) is 0.507. The summed E-state index contributed by atoms with van der Waals surface area (Å²) < 4.78 is 15.1. The van der Waals surface area contributed by atoms with Crippen molar-refractivity contribution in [1.82, 2.24) is 0 Å². The summed E-state index contributed by atoms with van der Waals surface area (Å²) in [5, 5.41) is 0. The second-order valence-electron chi connectivity index (χ2n) is 2.79. The van der Waals surface area contributed by atoms with Gasteiger partial charge in [-0.2, -0.15) is 0 Å². The highest BCUT2D eigenvalue weighted by atomic mass is 16.5. The maximum atomic E-state index is 10.3. The number of hydrogen-bond acceptors (Lipinski definition) is 4. The molecule has 0 heterocycles. The molecule has 5 heteroatoms. The molecular weight excluding hydrogens is 186 g/mol. The van der Waals surface area contributed by atoms with Crippen LogP contribution in [0.5, 0.6) is 0 Å². The van der Waals surface area contributed by atoms with E-state index in [1.165, 1.54) is 0 Å². The maximum Gasteiger partial charge on any atom is 0.217 e. The van der Waals surface area contributed by atoms with E-state index in [4.69, 9.17) is 19.9 Å². The summed E-state index contributed by atoms with van der Waals surface area (Å²) in [7, 11) is 1.63. The normalized spacial score (nSPS) is 10.4. The molecule has 0 aliphatic rings. The van der Waals surface area contributed by atoms with Crippen LogP contribution < -0.4 is 5.73 Å². The molecule has 2 N–H and O–H groups in total. The number of primary amides is 1. The Morgan fingerprint density at radius 3 is 2.21 bits per heavy atom. The molecule has 0 rings (SSSR count). The molecule has 0 aromatic carbocycles. The summed E-state index contributed by atoms with van der Waals surface area (Å²) in [6, 6.07) is 0. The van der Waals surface area contributed by atoms with Gasteiger partial charge in [-0.3, -0.25) is 4.79 Å². The van der Waals surface area contributed by atoms with Gasteiger partial charge in [0.2, 0.25) is 5.91 Å². The Morgan fingerprint density at radius 1 is 1.07 bits per heavy atom. The lowest BCUT2D eigenvalue weighted by atomic mass is 10.3. The lowest BCUT2D eigenvalue weighted by molar-refractivity contribution is -0.118. The highest BCUT2D eigenvalue weighted by Gasteiger charge is 1.94. The Kier molecular flexibility index (Phi) is 9.95. The Morgan fingerprint density at radius 2 is 1.64 bits per heavy atom. The van der Waals surface area contributed by atoms with Crippen molar-refractivity contribution in [1.29, 1.82) is 0 Å². The van der Waals surface area contributed by atoms with Crippen LogP contribution in [0.25, 0.3) is 0 Å². The van der Waals surface area contributed by atoms with E-state index >= 15 is 0 Å². The largest absolute Gasteiger partial charge is 0.382 e. The minimum absolute atomic E-state index is 0.287. The van der Waals surface area contributed by atoms with Gasteiger partial charge in [-0.05, 0) is 6.42 Å². The van der Waals surface area contributed by atoms with Crippen molar-refractivity contribution in [2.75, 3.05) is 40.1 Å². The first kappa shape index (κ1) is 13.4. The molecule has 0 fully saturated rings. The molecular formula is C9H19NO4. The van der Waals surface area contributed by atoms with Crippen molar-refractivity contribution >= 4 is 5.91 Å². The fraction of sp³-hybridized carbons (Fsp3) is 0.889. The minimum atomic E-state index is -0.287. The van der Waals surface area contributed by atoms with Gasteiger partial charge >= 0.3 is 0 Å². The molecule has 0 aromatic rings. The third-order valence-electron chi connectivity index (χ3n) is 1.52. The lowest BCUT2D eigenvalue weighted by Gasteiger charge is -2.04. The fourth-order valence-electron chi connectivity index (χ4n) is 0.813. The van der Waals surface area contributed by atoms with Crippen LogP contribution in [0, 0.1) is 0 Å². The number of methoxy groups -OCH3 is 1. The zero-order valence-electron chi connectivity index (χ0n) is 8.66. The predicted molar refractivity (Wildman–Crippen MR) is 51.9 cm³/mol. The first-order valence-corrected chi connectivity index (χ1v) is 4.70. The van der Waals surface area contributed by atoms with Gasteiger partial charge in [-0.1, -0.05) is 0 Å². The molecule has 0 aliphatic carbocycles. The second kappa shape index (κ2) is 10.4. The first-order chi connectivity index (χ1) is 6.77. The molecule has 0 saturated heterocycles. The van der Waals surface area contributed by atoms with Crippen LogP contribution in [0.2, 0.25) is 0 Å². The number of amides is 1. The molecule has 5 nitrogen and oxygen atoms in total. The summed E-state index contributed by atoms with van der Waals surface area (Å²) in [5.74, 6) is -0.287. The smallest absolute Gasteiger partial charge is 0.217 e. The van der Waals surface area contributed by atoms with Gasteiger partial charge in [0.25, 0.3) is 0 Å². The average molecular weight is 205 g/mol. The number of rotatable bonds is 10. The molecule has 0 aromatic heterocycles. The third-order valence-corrected chi connectivity index (χ3v) is 1.52. The van der Waals surface area contributed by atoms with E-state index < -0.39 is 0 Å². The Balaban J connectivity index is 2.88. The molecule has 0 aliphatic heterocycles. The van der Waals surface area contributed by atoms with Crippen molar-refractivity contribution in [3.63, 3.8) is 0 Å². The van der Waals surface area contributed by atoms with Crippen LogP contribution in [0.15, 0.2) is 0 Å². The predicted octanol–water partition coefficient (Wildman–Crippen LogP) is -0.0685. The fourth-order valence-corrected chi connectivity index (χ4v) is 0.813. The minimum Gasteiger partial charge on any atom is -0.382 e. The molecule has 84 valence electrons. The molecule has 0 bridgehead atoms. The summed E-state index contributed by atoms with van der Waals surface area (Å²) >= 11 is 0. The van der Waals surface area contributed by atoms with E-state index in [-0.39, 0.29) is 5.91 Å². The van der Waals surface area contributed by atoms with Gasteiger partial charge in [-0.15, -0.1) is 0 Å². The van der Waals surface area contributed by atoms with Crippen molar-refractivity contribution in [3.05, 3.63) is 0 Å². The molecule has 0 saturated carbocycles. The summed E-state index contributed by atoms with van der Waals surface area (Å²) in [6.07, 6.45) is 1.05. The van der Waals surface area contributed by atoms with E-state index in [0.717, 1.165) is 0 Å².